The standard InChI is InChI=1S/C13H16N2O2/c1-11(13(16)15-9-8-14)7-10-17-12-5-3-2-4-6-12/h2-6,11H,7,9-10H2,1H3,(H,15,16)/t11-/m1/s1. The van der Waals surface area contributed by atoms with Crippen LogP contribution in [0.4, 0.5) is 0 Å². The number of para-hydroxylation sites is 1. The molecule has 0 saturated heterocycles. The van der Waals surface area contributed by atoms with E-state index in [4.69, 9.17) is 10.00 Å². The molecule has 1 aromatic carbocycles. The van der Waals surface area contributed by atoms with Crippen LogP contribution in [0.25, 0.3) is 0 Å². The molecule has 0 radical (unpaired) electrons. The van der Waals surface area contributed by atoms with E-state index in [2.05, 4.69) is 5.32 Å². The molecule has 0 bridgehead atoms. The number of amides is 1. The lowest BCUT2D eigenvalue weighted by molar-refractivity contribution is -0.124. The first-order valence-electron chi connectivity index (χ1n) is 5.56. The molecule has 0 aliphatic rings. The van der Waals surface area contributed by atoms with Gasteiger partial charge in [-0.2, -0.15) is 5.26 Å². The third-order valence-corrected chi connectivity index (χ3v) is 2.35. The second kappa shape index (κ2) is 7.29. The van der Waals surface area contributed by atoms with Gasteiger partial charge in [-0.1, -0.05) is 25.1 Å². The number of hydrogen-bond acceptors (Lipinski definition) is 3. The molecule has 17 heavy (non-hydrogen) atoms. The minimum atomic E-state index is -0.146. The maximum Gasteiger partial charge on any atom is 0.223 e. The van der Waals surface area contributed by atoms with E-state index < -0.39 is 0 Å². The van der Waals surface area contributed by atoms with Gasteiger partial charge in [0.25, 0.3) is 0 Å². The van der Waals surface area contributed by atoms with Crippen LogP contribution in [0.5, 0.6) is 5.75 Å². The lowest BCUT2D eigenvalue weighted by Gasteiger charge is -2.11. The van der Waals surface area contributed by atoms with Gasteiger partial charge >= 0.3 is 0 Å². The summed E-state index contributed by atoms with van der Waals surface area (Å²) >= 11 is 0. The van der Waals surface area contributed by atoms with Gasteiger partial charge in [0, 0.05) is 5.92 Å². The van der Waals surface area contributed by atoms with Gasteiger partial charge in [-0.25, -0.2) is 0 Å². The number of benzene rings is 1. The highest BCUT2D eigenvalue weighted by Crippen LogP contribution is 2.10. The average molecular weight is 232 g/mol. The fourth-order valence-corrected chi connectivity index (χ4v) is 1.30. The molecule has 4 heteroatoms. The zero-order valence-corrected chi connectivity index (χ0v) is 9.85. The molecule has 0 unspecified atom stereocenters. The Balaban J connectivity index is 2.22. The summed E-state index contributed by atoms with van der Waals surface area (Å²) in [5.74, 6) is 0.549. The minimum Gasteiger partial charge on any atom is -0.494 e. The summed E-state index contributed by atoms with van der Waals surface area (Å²) in [5, 5.41) is 10.9. The van der Waals surface area contributed by atoms with Crippen molar-refractivity contribution in [1.29, 1.82) is 5.26 Å². The normalized spacial score (nSPS) is 11.3. The lowest BCUT2D eigenvalue weighted by Crippen LogP contribution is -2.30. The third-order valence-electron chi connectivity index (χ3n) is 2.35. The molecule has 1 rings (SSSR count). The Morgan fingerprint density at radius 1 is 1.47 bits per heavy atom. The minimum absolute atomic E-state index is 0.0582. The molecule has 0 aromatic heterocycles. The van der Waals surface area contributed by atoms with Gasteiger partial charge in [-0.15, -0.1) is 0 Å². The van der Waals surface area contributed by atoms with Crippen LogP contribution in [0, 0.1) is 17.2 Å². The van der Waals surface area contributed by atoms with E-state index in [0.29, 0.717) is 13.0 Å². The molecule has 1 N–H and O–H groups in total. The Labute approximate surface area is 101 Å². The number of carbonyl (C=O) groups excluding carboxylic acids is 1. The van der Waals surface area contributed by atoms with Crippen LogP contribution in [0.2, 0.25) is 0 Å². The van der Waals surface area contributed by atoms with Crippen molar-refractivity contribution in [2.24, 2.45) is 5.92 Å². The monoisotopic (exact) mass is 232 g/mol. The first-order valence-corrected chi connectivity index (χ1v) is 5.56. The summed E-state index contributed by atoms with van der Waals surface area (Å²) < 4.78 is 5.49. The third kappa shape index (κ3) is 5.03. The van der Waals surface area contributed by atoms with Gasteiger partial charge in [0.2, 0.25) is 5.91 Å². The first-order chi connectivity index (χ1) is 8.24. The van der Waals surface area contributed by atoms with Crippen LogP contribution in [0.1, 0.15) is 13.3 Å². The Morgan fingerprint density at radius 3 is 2.82 bits per heavy atom. The maximum absolute atomic E-state index is 11.4. The van der Waals surface area contributed by atoms with E-state index >= 15 is 0 Å². The Bertz CT molecular complexity index is 384. The lowest BCUT2D eigenvalue weighted by atomic mass is 10.1. The Morgan fingerprint density at radius 2 is 2.18 bits per heavy atom. The van der Waals surface area contributed by atoms with Crippen LogP contribution in [0.3, 0.4) is 0 Å². The predicted molar refractivity (Wildman–Crippen MR) is 64.3 cm³/mol. The average Bonchev–Trinajstić information content (AvgIpc) is 2.37. The van der Waals surface area contributed by atoms with E-state index in [0.717, 1.165) is 5.75 Å². The second-order valence-corrected chi connectivity index (χ2v) is 3.73. The zero-order valence-electron chi connectivity index (χ0n) is 9.85. The van der Waals surface area contributed by atoms with Crippen molar-refractivity contribution in [3.05, 3.63) is 30.3 Å². The highest BCUT2D eigenvalue weighted by molar-refractivity contribution is 5.78. The van der Waals surface area contributed by atoms with Gasteiger partial charge in [-0.3, -0.25) is 4.79 Å². The van der Waals surface area contributed by atoms with Crippen molar-refractivity contribution in [1.82, 2.24) is 5.32 Å². The molecule has 0 aliphatic heterocycles. The Kier molecular flexibility index (Phi) is 5.59. The van der Waals surface area contributed by atoms with Gasteiger partial charge < -0.3 is 10.1 Å². The summed E-state index contributed by atoms with van der Waals surface area (Å²) in [6, 6.07) is 11.3. The summed E-state index contributed by atoms with van der Waals surface area (Å²) in [6.07, 6.45) is 0.631. The molecular formula is C13H16N2O2. The van der Waals surface area contributed by atoms with Crippen molar-refractivity contribution >= 4 is 5.91 Å². The van der Waals surface area contributed by atoms with Gasteiger partial charge in [0.1, 0.15) is 12.3 Å². The summed E-state index contributed by atoms with van der Waals surface area (Å²) in [7, 11) is 0. The summed E-state index contributed by atoms with van der Waals surface area (Å²) in [5.41, 5.74) is 0. The number of nitrogens with one attached hydrogen (secondary N) is 1. The fraction of sp³-hybridized carbons (Fsp3) is 0.385. The Hall–Kier alpha value is -2.02. The van der Waals surface area contributed by atoms with Crippen molar-refractivity contribution in [3.8, 4) is 11.8 Å². The first kappa shape index (κ1) is 13.0. The smallest absolute Gasteiger partial charge is 0.223 e. The number of nitriles is 1. The number of carbonyl (C=O) groups is 1. The second-order valence-electron chi connectivity index (χ2n) is 3.73. The van der Waals surface area contributed by atoms with E-state index in [9.17, 15) is 4.79 Å². The van der Waals surface area contributed by atoms with Crippen LogP contribution < -0.4 is 10.1 Å². The van der Waals surface area contributed by atoms with Crippen molar-refractivity contribution in [3.63, 3.8) is 0 Å². The highest BCUT2D eigenvalue weighted by atomic mass is 16.5. The van der Waals surface area contributed by atoms with E-state index in [1.807, 2.05) is 43.3 Å². The molecule has 1 atom stereocenters. The number of hydrogen-bond donors (Lipinski definition) is 1. The molecule has 0 heterocycles. The fourth-order valence-electron chi connectivity index (χ4n) is 1.30. The molecular weight excluding hydrogens is 216 g/mol. The summed E-state index contributed by atoms with van der Waals surface area (Å²) in [4.78, 5) is 11.4. The van der Waals surface area contributed by atoms with E-state index in [1.54, 1.807) is 0 Å². The molecule has 0 fully saturated rings. The van der Waals surface area contributed by atoms with Crippen molar-refractivity contribution in [2.75, 3.05) is 13.2 Å². The zero-order chi connectivity index (χ0) is 12.5. The molecule has 0 saturated carbocycles. The topological polar surface area (TPSA) is 62.1 Å². The van der Waals surface area contributed by atoms with Crippen molar-refractivity contribution in [2.45, 2.75) is 13.3 Å². The van der Waals surface area contributed by atoms with Crippen LogP contribution in [-0.4, -0.2) is 19.1 Å². The SMILES string of the molecule is C[C@H](CCOc1ccccc1)C(=O)NCC#N. The van der Waals surface area contributed by atoms with Crippen LogP contribution >= 0.6 is 0 Å². The largest absolute Gasteiger partial charge is 0.494 e. The summed E-state index contributed by atoms with van der Waals surface area (Å²) in [6.45, 7) is 2.37. The molecule has 0 spiro atoms. The quantitative estimate of drug-likeness (QED) is 0.760. The van der Waals surface area contributed by atoms with Crippen molar-refractivity contribution < 1.29 is 9.53 Å². The number of rotatable bonds is 6. The van der Waals surface area contributed by atoms with Gasteiger partial charge in [0.15, 0.2) is 0 Å². The predicted octanol–water partition coefficient (Wildman–Crippen LogP) is 1.73. The van der Waals surface area contributed by atoms with E-state index in [-0.39, 0.29) is 18.4 Å². The molecule has 0 aliphatic carbocycles. The highest BCUT2D eigenvalue weighted by Gasteiger charge is 2.11. The number of ether oxygens (including phenoxy) is 1. The van der Waals surface area contributed by atoms with Crippen LogP contribution in [0.15, 0.2) is 30.3 Å². The molecule has 1 amide bonds. The maximum atomic E-state index is 11.4. The van der Waals surface area contributed by atoms with Gasteiger partial charge in [0.05, 0.1) is 12.7 Å². The van der Waals surface area contributed by atoms with E-state index in [1.165, 1.54) is 0 Å². The molecule has 90 valence electrons. The molecule has 4 nitrogen and oxygen atoms in total. The number of nitrogens with zero attached hydrogens (tertiary/aromatic N) is 1. The van der Waals surface area contributed by atoms with Gasteiger partial charge in [-0.05, 0) is 18.6 Å². The van der Waals surface area contributed by atoms with Crippen LogP contribution in [-0.2, 0) is 4.79 Å². The molecule has 1 aromatic rings.